The van der Waals surface area contributed by atoms with Gasteiger partial charge in [-0.25, -0.2) is 0 Å². The number of carbonyl (C=O) groups excluding carboxylic acids is 2. The van der Waals surface area contributed by atoms with Crippen LogP contribution in [-0.2, 0) is 29.0 Å². The van der Waals surface area contributed by atoms with Gasteiger partial charge in [0, 0.05) is 6.42 Å². The summed E-state index contributed by atoms with van der Waals surface area (Å²) >= 11 is 4.73. The minimum atomic E-state index is -0.187. The first kappa shape index (κ1) is 33.1. The van der Waals surface area contributed by atoms with E-state index in [-0.39, 0.29) is 43.9 Å². The Bertz CT molecular complexity index is 1400. The smallest absolute Gasteiger partial charge is 0.230 e. The molecular weight excluding hydrogens is 603 g/mol. The van der Waals surface area contributed by atoms with Gasteiger partial charge >= 0.3 is 0 Å². The minimum Gasteiger partial charge on any atom is -0.392 e. The Labute approximate surface area is 265 Å². The number of aliphatic hydroxyl groups is 2. The molecule has 230 valence electrons. The molecule has 0 saturated heterocycles. The molecule has 12 heteroatoms. The molecule has 2 aliphatic rings. The summed E-state index contributed by atoms with van der Waals surface area (Å²) in [7, 11) is 0. The van der Waals surface area contributed by atoms with Crippen LogP contribution in [-0.4, -0.2) is 61.5 Å². The van der Waals surface area contributed by atoms with Crippen molar-refractivity contribution in [2.75, 3.05) is 23.4 Å². The van der Waals surface area contributed by atoms with Crippen LogP contribution in [0.4, 0.5) is 5.13 Å². The summed E-state index contributed by atoms with van der Waals surface area (Å²) in [4.78, 5) is 31.2. The van der Waals surface area contributed by atoms with Crippen LogP contribution in [0.2, 0.25) is 0 Å². The molecule has 9 nitrogen and oxygen atoms in total. The predicted octanol–water partition coefficient (Wildman–Crippen LogP) is 5.03. The SMILES string of the molecule is CCC1C=C(CCSCCc2nnc(NC(=O)Cc3ccccc3CO)s2)SC(NC(=O)CC2=CC(C)CC=C2CO)=N1. The van der Waals surface area contributed by atoms with E-state index in [0.717, 1.165) is 64.5 Å². The zero-order chi connectivity index (χ0) is 30.6. The molecule has 4 rings (SSSR count). The lowest BCUT2D eigenvalue weighted by Gasteiger charge is -2.21. The van der Waals surface area contributed by atoms with E-state index in [1.807, 2.05) is 42.1 Å². The van der Waals surface area contributed by atoms with Crippen LogP contribution in [0, 0.1) is 5.92 Å². The number of allylic oxidation sites excluding steroid dienone is 3. The number of aliphatic hydroxyl groups excluding tert-OH is 2. The average molecular weight is 642 g/mol. The molecular formula is C31H39N5O4S3. The fraction of sp³-hybridized carbons (Fsp3) is 0.452. The van der Waals surface area contributed by atoms with Gasteiger partial charge in [0.25, 0.3) is 0 Å². The number of anilines is 1. The van der Waals surface area contributed by atoms with Gasteiger partial charge in [-0.15, -0.1) is 10.2 Å². The van der Waals surface area contributed by atoms with Crippen molar-refractivity contribution < 1.29 is 19.8 Å². The van der Waals surface area contributed by atoms with Gasteiger partial charge in [-0.2, -0.15) is 11.8 Å². The van der Waals surface area contributed by atoms with Crippen molar-refractivity contribution in [3.8, 4) is 0 Å². The zero-order valence-corrected chi connectivity index (χ0v) is 27.0. The topological polar surface area (TPSA) is 137 Å². The Hall–Kier alpha value is -2.77. The fourth-order valence-electron chi connectivity index (χ4n) is 4.70. The number of amidine groups is 1. The van der Waals surface area contributed by atoms with Crippen LogP contribution in [0.25, 0.3) is 0 Å². The van der Waals surface area contributed by atoms with Crippen molar-refractivity contribution in [3.05, 3.63) is 74.7 Å². The van der Waals surface area contributed by atoms with E-state index in [4.69, 9.17) is 4.99 Å². The highest BCUT2D eigenvalue weighted by molar-refractivity contribution is 8.17. The molecule has 2 atom stereocenters. The van der Waals surface area contributed by atoms with E-state index in [9.17, 15) is 19.8 Å². The number of aliphatic imine (C=N–C) groups is 1. The van der Waals surface area contributed by atoms with Crippen molar-refractivity contribution in [1.29, 1.82) is 0 Å². The Morgan fingerprint density at radius 3 is 2.51 bits per heavy atom. The van der Waals surface area contributed by atoms with E-state index >= 15 is 0 Å². The van der Waals surface area contributed by atoms with Crippen molar-refractivity contribution in [2.24, 2.45) is 10.9 Å². The van der Waals surface area contributed by atoms with Crippen molar-refractivity contribution in [2.45, 2.75) is 65.0 Å². The van der Waals surface area contributed by atoms with Gasteiger partial charge in [0.15, 0.2) is 5.17 Å². The number of thioether (sulfide) groups is 2. The summed E-state index contributed by atoms with van der Waals surface area (Å²) in [5.41, 5.74) is 3.27. The van der Waals surface area contributed by atoms with E-state index in [0.29, 0.717) is 16.2 Å². The molecule has 2 heterocycles. The summed E-state index contributed by atoms with van der Waals surface area (Å²) in [6.45, 7) is 4.04. The number of nitrogens with one attached hydrogen (secondary N) is 2. The third-order valence-corrected chi connectivity index (χ3v) is 9.90. The van der Waals surface area contributed by atoms with Crippen LogP contribution in [0.5, 0.6) is 0 Å². The lowest BCUT2D eigenvalue weighted by molar-refractivity contribution is -0.119. The van der Waals surface area contributed by atoms with Gasteiger partial charge in [-0.05, 0) is 63.9 Å². The van der Waals surface area contributed by atoms with Gasteiger partial charge in [0.2, 0.25) is 16.9 Å². The highest BCUT2D eigenvalue weighted by Gasteiger charge is 2.20. The molecule has 0 radical (unpaired) electrons. The Balaban J connectivity index is 1.17. The molecule has 4 N–H and O–H groups in total. The summed E-state index contributed by atoms with van der Waals surface area (Å²) in [6, 6.07) is 7.38. The number of hydrogen-bond acceptors (Lipinski definition) is 10. The molecule has 1 aromatic heterocycles. The number of benzene rings is 1. The largest absolute Gasteiger partial charge is 0.392 e. The van der Waals surface area contributed by atoms with E-state index in [2.05, 4.69) is 46.8 Å². The first-order chi connectivity index (χ1) is 20.9. The maximum absolute atomic E-state index is 12.8. The van der Waals surface area contributed by atoms with Crippen molar-refractivity contribution in [1.82, 2.24) is 15.5 Å². The van der Waals surface area contributed by atoms with Crippen molar-refractivity contribution >= 4 is 57.0 Å². The van der Waals surface area contributed by atoms with E-state index < -0.39 is 0 Å². The Morgan fingerprint density at radius 1 is 0.977 bits per heavy atom. The lowest BCUT2D eigenvalue weighted by Crippen LogP contribution is -2.31. The molecule has 1 aliphatic heterocycles. The van der Waals surface area contributed by atoms with Gasteiger partial charge in [0.1, 0.15) is 5.01 Å². The third-order valence-electron chi connectivity index (χ3n) is 7.02. The Kier molecular flexibility index (Phi) is 13.0. The number of rotatable bonds is 14. The fourth-order valence-corrected chi connectivity index (χ4v) is 7.65. The first-order valence-electron chi connectivity index (χ1n) is 14.5. The maximum Gasteiger partial charge on any atom is 0.230 e. The number of aromatic nitrogens is 2. The van der Waals surface area contributed by atoms with Crippen LogP contribution in [0.1, 0.15) is 55.7 Å². The number of nitrogens with zero attached hydrogens (tertiary/aromatic N) is 3. The molecule has 2 unspecified atom stereocenters. The number of hydrogen-bond donors (Lipinski definition) is 4. The number of amides is 2. The summed E-state index contributed by atoms with van der Waals surface area (Å²) in [6.07, 6.45) is 10.1. The van der Waals surface area contributed by atoms with Gasteiger partial charge in [0.05, 0.1) is 32.1 Å². The molecule has 1 aromatic carbocycles. The first-order valence-corrected chi connectivity index (χ1v) is 17.3. The molecule has 0 bridgehead atoms. The van der Waals surface area contributed by atoms with Gasteiger partial charge in [-0.3, -0.25) is 14.6 Å². The summed E-state index contributed by atoms with van der Waals surface area (Å²) < 4.78 is 0. The quantitative estimate of drug-likeness (QED) is 0.211. The average Bonchev–Trinajstić information content (AvgIpc) is 3.43. The molecule has 0 fully saturated rings. The third kappa shape index (κ3) is 10.4. The summed E-state index contributed by atoms with van der Waals surface area (Å²) in [5.74, 6) is 1.87. The van der Waals surface area contributed by atoms with Crippen LogP contribution in [0.15, 0.2) is 63.5 Å². The Morgan fingerprint density at radius 2 is 1.74 bits per heavy atom. The number of aryl methyl sites for hydroxylation is 1. The van der Waals surface area contributed by atoms with Gasteiger partial charge in [-0.1, -0.05) is 79.4 Å². The predicted molar refractivity (Wildman–Crippen MR) is 177 cm³/mol. The molecule has 0 spiro atoms. The lowest BCUT2D eigenvalue weighted by atomic mass is 9.90. The van der Waals surface area contributed by atoms with Crippen LogP contribution < -0.4 is 10.6 Å². The van der Waals surface area contributed by atoms with Crippen molar-refractivity contribution in [3.63, 3.8) is 0 Å². The maximum atomic E-state index is 12.8. The standard InChI is InChI=1S/C31H39N5O4S3/c1-3-25-17-26(42-30(32-25)33-28(40)16-24-14-20(2)8-9-23(24)19-38)10-12-41-13-11-29-35-36-31(43-29)34-27(39)15-21-6-4-5-7-22(21)18-37/h4-7,9,14,17,20,25,37-38H,3,8,10-13,15-16,18-19H2,1-2H3,(H,32,33,40)(H,34,36,39). The van der Waals surface area contributed by atoms with E-state index in [1.165, 1.54) is 28.0 Å². The van der Waals surface area contributed by atoms with Gasteiger partial charge < -0.3 is 20.8 Å². The second-order valence-corrected chi connectivity index (χ2v) is 13.8. The minimum absolute atomic E-state index is 0.0468. The van der Waals surface area contributed by atoms with Crippen LogP contribution in [0.3, 0.4) is 0 Å². The molecule has 1 aliphatic carbocycles. The second kappa shape index (κ2) is 16.9. The molecule has 2 aromatic rings. The highest BCUT2D eigenvalue weighted by Crippen LogP contribution is 2.30. The summed E-state index contributed by atoms with van der Waals surface area (Å²) in [5, 5.41) is 35.3. The normalized spacial score (nSPS) is 18.3. The molecule has 43 heavy (non-hydrogen) atoms. The highest BCUT2D eigenvalue weighted by atomic mass is 32.2. The monoisotopic (exact) mass is 641 g/mol. The van der Waals surface area contributed by atoms with Crippen LogP contribution >= 0.6 is 34.9 Å². The number of carbonyl (C=O) groups is 2. The second-order valence-electron chi connectivity index (χ2n) is 10.4. The molecule has 0 saturated carbocycles. The van der Waals surface area contributed by atoms with E-state index in [1.54, 1.807) is 0 Å². The zero-order valence-electron chi connectivity index (χ0n) is 24.5. The molecule has 2 amide bonds.